The summed E-state index contributed by atoms with van der Waals surface area (Å²) in [5, 5.41) is 3.66. The maximum atomic E-state index is 11.7. The highest BCUT2D eigenvalue weighted by molar-refractivity contribution is 5.93. The van der Waals surface area contributed by atoms with Crippen molar-refractivity contribution in [2.75, 3.05) is 13.7 Å². The Morgan fingerprint density at radius 1 is 1.25 bits per heavy atom. The minimum absolute atomic E-state index is 0.00839. The van der Waals surface area contributed by atoms with Crippen LogP contribution in [0.1, 0.15) is 40.9 Å². The number of nitrogens with two attached hydrogens (primary N) is 2. The van der Waals surface area contributed by atoms with Gasteiger partial charge in [-0.05, 0) is 35.2 Å². The van der Waals surface area contributed by atoms with E-state index in [1.54, 1.807) is 13.2 Å². The fraction of sp³-hybridized carbons (Fsp3) is 0.435. The van der Waals surface area contributed by atoms with E-state index in [2.05, 4.69) is 31.3 Å². The number of methoxy groups -OCH3 is 1. The van der Waals surface area contributed by atoms with Crippen molar-refractivity contribution in [2.24, 2.45) is 11.5 Å². The molecule has 0 heterocycles. The fourth-order valence-corrected chi connectivity index (χ4v) is 4.35. The monoisotopic (exact) mass is 381 g/mol. The smallest absolute Gasteiger partial charge is 0.248 e. The quantitative estimate of drug-likeness (QED) is 0.685. The first kappa shape index (κ1) is 20.5. The van der Waals surface area contributed by atoms with Gasteiger partial charge in [0.1, 0.15) is 0 Å². The Labute approximate surface area is 167 Å². The summed E-state index contributed by atoms with van der Waals surface area (Å²) in [5.74, 6) is -0.401. The lowest BCUT2D eigenvalue weighted by atomic mass is 9.67. The second-order valence-electron chi connectivity index (χ2n) is 8.27. The Kier molecular flexibility index (Phi) is 6.18. The number of nitrogens with one attached hydrogen (secondary N) is 1. The molecule has 3 rings (SSSR count). The van der Waals surface area contributed by atoms with E-state index in [4.69, 9.17) is 16.2 Å². The Bertz CT molecular complexity index is 820. The van der Waals surface area contributed by atoms with Crippen molar-refractivity contribution in [3.8, 4) is 0 Å². The number of amides is 1. The lowest BCUT2D eigenvalue weighted by molar-refractivity contribution is 0.0351. The minimum Gasteiger partial charge on any atom is -0.379 e. The zero-order chi connectivity index (χ0) is 20.3. The molecule has 0 radical (unpaired) electrons. The van der Waals surface area contributed by atoms with Gasteiger partial charge < -0.3 is 21.5 Å². The van der Waals surface area contributed by atoms with Crippen LogP contribution in [0.3, 0.4) is 0 Å². The van der Waals surface area contributed by atoms with Gasteiger partial charge in [0.15, 0.2) is 0 Å². The summed E-state index contributed by atoms with van der Waals surface area (Å²) in [6.45, 7) is 5.05. The number of ether oxygens (including phenoxy) is 1. The molecule has 3 atom stereocenters. The summed E-state index contributed by atoms with van der Waals surface area (Å²) in [6.07, 6.45) is 1.65. The summed E-state index contributed by atoms with van der Waals surface area (Å²) in [4.78, 5) is 11.7. The van der Waals surface area contributed by atoms with Gasteiger partial charge in [-0.25, -0.2) is 0 Å². The molecule has 1 amide bonds. The van der Waals surface area contributed by atoms with Crippen LogP contribution in [0.25, 0.3) is 0 Å². The average Bonchev–Trinajstić information content (AvgIpc) is 2.67. The first-order valence-electron chi connectivity index (χ1n) is 9.81. The molecule has 1 aliphatic rings. The molecule has 2 aromatic rings. The third-order valence-electron chi connectivity index (χ3n) is 5.90. The molecule has 0 unspecified atom stereocenters. The SMILES string of the molecule is CO[C@H]1Cc2ccc(C(N)=O)cc2C(C)(C)[C@@H]1NC[C@H](N)Cc1ccccc1. The maximum Gasteiger partial charge on any atom is 0.248 e. The highest BCUT2D eigenvalue weighted by atomic mass is 16.5. The number of hydrogen-bond donors (Lipinski definition) is 3. The van der Waals surface area contributed by atoms with Crippen molar-refractivity contribution in [3.63, 3.8) is 0 Å². The van der Waals surface area contributed by atoms with Gasteiger partial charge in [-0.2, -0.15) is 0 Å². The highest BCUT2D eigenvalue weighted by Gasteiger charge is 2.42. The molecule has 0 fully saturated rings. The van der Waals surface area contributed by atoms with Crippen LogP contribution in [0, 0.1) is 0 Å². The number of primary amides is 1. The first-order valence-corrected chi connectivity index (χ1v) is 9.81. The molecule has 5 nitrogen and oxygen atoms in total. The molecule has 5 heteroatoms. The van der Waals surface area contributed by atoms with E-state index in [0.717, 1.165) is 18.4 Å². The number of carbonyl (C=O) groups is 1. The summed E-state index contributed by atoms with van der Waals surface area (Å²) >= 11 is 0. The van der Waals surface area contributed by atoms with Crippen molar-refractivity contribution in [2.45, 2.75) is 50.3 Å². The first-order chi connectivity index (χ1) is 13.3. The number of hydrogen-bond acceptors (Lipinski definition) is 4. The summed E-state index contributed by atoms with van der Waals surface area (Å²) in [7, 11) is 1.75. The van der Waals surface area contributed by atoms with Crippen LogP contribution in [0.4, 0.5) is 0 Å². The van der Waals surface area contributed by atoms with Crippen molar-refractivity contribution in [1.82, 2.24) is 5.32 Å². The van der Waals surface area contributed by atoms with Crippen molar-refractivity contribution < 1.29 is 9.53 Å². The molecule has 150 valence electrons. The molecular weight excluding hydrogens is 350 g/mol. The van der Waals surface area contributed by atoms with Gasteiger partial charge in [-0.15, -0.1) is 0 Å². The fourth-order valence-electron chi connectivity index (χ4n) is 4.35. The Hall–Kier alpha value is -2.21. The number of fused-ring (bicyclic) bond motifs is 1. The van der Waals surface area contributed by atoms with Crippen LogP contribution in [0.15, 0.2) is 48.5 Å². The lowest BCUT2D eigenvalue weighted by Gasteiger charge is -2.45. The molecule has 0 saturated heterocycles. The Morgan fingerprint density at radius 2 is 1.96 bits per heavy atom. The molecule has 2 aromatic carbocycles. The summed E-state index contributed by atoms with van der Waals surface area (Å²) in [5.41, 5.74) is 15.8. The lowest BCUT2D eigenvalue weighted by Crippen LogP contribution is -2.58. The topological polar surface area (TPSA) is 90.4 Å². The summed E-state index contributed by atoms with van der Waals surface area (Å²) < 4.78 is 5.83. The Balaban J connectivity index is 1.77. The van der Waals surface area contributed by atoms with Gasteiger partial charge in [0.05, 0.1) is 6.10 Å². The van der Waals surface area contributed by atoms with Crippen LogP contribution in [-0.4, -0.2) is 37.7 Å². The molecular formula is C23H31N3O2. The maximum absolute atomic E-state index is 11.7. The normalized spacial score (nSPS) is 21.7. The van der Waals surface area contributed by atoms with Crippen molar-refractivity contribution >= 4 is 5.91 Å². The zero-order valence-corrected chi connectivity index (χ0v) is 16.9. The zero-order valence-electron chi connectivity index (χ0n) is 16.9. The third kappa shape index (κ3) is 4.27. The third-order valence-corrected chi connectivity index (χ3v) is 5.90. The van der Waals surface area contributed by atoms with Gasteiger partial charge in [-0.1, -0.05) is 50.2 Å². The minimum atomic E-state index is -0.401. The molecule has 0 bridgehead atoms. The predicted octanol–water partition coefficient (Wildman–Crippen LogP) is 2.16. The van der Waals surface area contributed by atoms with Crippen LogP contribution >= 0.6 is 0 Å². The summed E-state index contributed by atoms with van der Waals surface area (Å²) in [6, 6.07) is 16.1. The molecule has 1 aliphatic carbocycles. The molecule has 0 aromatic heterocycles. The van der Waals surface area contributed by atoms with E-state index in [1.807, 2.05) is 30.3 Å². The molecule has 0 aliphatic heterocycles. The van der Waals surface area contributed by atoms with Crippen molar-refractivity contribution in [1.29, 1.82) is 0 Å². The van der Waals surface area contributed by atoms with Gasteiger partial charge in [0.25, 0.3) is 0 Å². The van der Waals surface area contributed by atoms with Gasteiger partial charge in [0.2, 0.25) is 5.91 Å². The van der Waals surface area contributed by atoms with E-state index >= 15 is 0 Å². The standard InChI is InChI=1S/C23H31N3O2/c1-23(2)19-12-17(22(25)27)10-9-16(19)13-20(28-3)21(23)26-14-18(24)11-15-7-5-4-6-8-15/h4-10,12,18,20-21,26H,11,13-14,24H2,1-3H3,(H2,25,27)/t18-,20+,21-/m1/s1. The largest absolute Gasteiger partial charge is 0.379 e. The van der Waals surface area contributed by atoms with E-state index in [-0.39, 0.29) is 23.6 Å². The van der Waals surface area contributed by atoms with E-state index in [9.17, 15) is 4.79 Å². The van der Waals surface area contributed by atoms with Gasteiger partial charge >= 0.3 is 0 Å². The second-order valence-corrected chi connectivity index (χ2v) is 8.27. The average molecular weight is 382 g/mol. The van der Waals surface area contributed by atoms with Gasteiger partial charge in [0, 0.05) is 43.1 Å². The number of benzene rings is 2. The molecule has 0 spiro atoms. The van der Waals surface area contributed by atoms with Crippen LogP contribution < -0.4 is 16.8 Å². The van der Waals surface area contributed by atoms with Crippen LogP contribution in [0.5, 0.6) is 0 Å². The van der Waals surface area contributed by atoms with Crippen LogP contribution in [-0.2, 0) is 23.0 Å². The molecule has 0 saturated carbocycles. The number of carbonyl (C=O) groups excluding carboxylic acids is 1. The second kappa shape index (κ2) is 8.43. The van der Waals surface area contributed by atoms with Crippen LogP contribution in [0.2, 0.25) is 0 Å². The molecule has 5 N–H and O–H groups in total. The van der Waals surface area contributed by atoms with E-state index in [1.165, 1.54) is 11.1 Å². The number of rotatable bonds is 7. The Morgan fingerprint density at radius 3 is 2.61 bits per heavy atom. The predicted molar refractivity (Wildman–Crippen MR) is 112 cm³/mol. The van der Waals surface area contributed by atoms with E-state index < -0.39 is 5.91 Å². The highest BCUT2D eigenvalue weighted by Crippen LogP contribution is 2.38. The van der Waals surface area contributed by atoms with E-state index in [0.29, 0.717) is 12.1 Å². The van der Waals surface area contributed by atoms with Crippen molar-refractivity contribution in [3.05, 3.63) is 70.8 Å². The van der Waals surface area contributed by atoms with Gasteiger partial charge in [-0.3, -0.25) is 4.79 Å². The molecule has 28 heavy (non-hydrogen) atoms.